The molecule has 0 heterocycles. The Balaban J connectivity index is 3.05. The first-order valence-corrected chi connectivity index (χ1v) is 5.67. The number of rotatable bonds is 5. The van der Waals surface area contributed by atoms with Gasteiger partial charge in [-0.25, -0.2) is 0 Å². The summed E-state index contributed by atoms with van der Waals surface area (Å²) in [5.74, 6) is 0.917. The van der Waals surface area contributed by atoms with Crippen LogP contribution in [0.3, 0.4) is 0 Å². The van der Waals surface area contributed by atoms with Crippen LogP contribution < -0.4 is 14.8 Å². The van der Waals surface area contributed by atoms with E-state index in [1.807, 2.05) is 6.92 Å². The molecule has 1 aromatic rings. The van der Waals surface area contributed by atoms with Crippen LogP contribution in [-0.2, 0) is 0 Å². The van der Waals surface area contributed by atoms with E-state index in [-0.39, 0.29) is 18.6 Å². The maximum Gasteiger partial charge on any atom is 0.251 e. The van der Waals surface area contributed by atoms with Crippen molar-refractivity contribution >= 4 is 5.91 Å². The minimum absolute atomic E-state index is 0.105. The molecule has 5 heteroatoms. The maximum absolute atomic E-state index is 11.9. The monoisotopic (exact) mass is 253 g/mol. The molecule has 0 spiro atoms. The van der Waals surface area contributed by atoms with Gasteiger partial charge >= 0.3 is 0 Å². The standard InChI is InChI=1S/C13H19NO4/c1-8(7-15)14-13(16)10-5-11(17-3)9(2)12(6-10)18-4/h5-6,8,15H,7H2,1-4H3,(H,14,16). The molecule has 1 amide bonds. The Morgan fingerprint density at radius 3 is 2.22 bits per heavy atom. The van der Waals surface area contributed by atoms with Crippen molar-refractivity contribution in [2.75, 3.05) is 20.8 Å². The lowest BCUT2D eigenvalue weighted by molar-refractivity contribution is 0.0921. The van der Waals surface area contributed by atoms with Gasteiger partial charge in [0.25, 0.3) is 5.91 Å². The average molecular weight is 253 g/mol. The van der Waals surface area contributed by atoms with Crippen LogP contribution in [0.25, 0.3) is 0 Å². The van der Waals surface area contributed by atoms with E-state index >= 15 is 0 Å². The number of hydrogen-bond donors (Lipinski definition) is 2. The Morgan fingerprint density at radius 1 is 1.33 bits per heavy atom. The molecule has 1 rings (SSSR count). The van der Waals surface area contributed by atoms with Crippen LogP contribution >= 0.6 is 0 Å². The molecule has 0 saturated carbocycles. The first kappa shape index (κ1) is 14.3. The second-order valence-corrected chi connectivity index (χ2v) is 4.06. The van der Waals surface area contributed by atoms with Gasteiger partial charge in [0, 0.05) is 17.2 Å². The molecule has 1 atom stereocenters. The SMILES string of the molecule is COc1cc(C(=O)NC(C)CO)cc(OC)c1C. The largest absolute Gasteiger partial charge is 0.496 e. The zero-order chi connectivity index (χ0) is 13.7. The van der Waals surface area contributed by atoms with Crippen LogP contribution in [-0.4, -0.2) is 37.9 Å². The van der Waals surface area contributed by atoms with Crippen LogP contribution in [0.2, 0.25) is 0 Å². The van der Waals surface area contributed by atoms with E-state index in [1.165, 1.54) is 0 Å². The third-order valence-corrected chi connectivity index (χ3v) is 2.67. The summed E-state index contributed by atoms with van der Waals surface area (Å²) >= 11 is 0. The van der Waals surface area contributed by atoms with Gasteiger partial charge in [-0.05, 0) is 26.0 Å². The quantitative estimate of drug-likeness (QED) is 0.825. The minimum atomic E-state index is -0.296. The fourth-order valence-corrected chi connectivity index (χ4v) is 1.57. The Bertz CT molecular complexity index is 406. The molecule has 1 unspecified atom stereocenters. The zero-order valence-electron chi connectivity index (χ0n) is 11.1. The molecule has 5 nitrogen and oxygen atoms in total. The Morgan fingerprint density at radius 2 is 1.83 bits per heavy atom. The van der Waals surface area contributed by atoms with Crippen molar-refractivity contribution in [3.63, 3.8) is 0 Å². The summed E-state index contributed by atoms with van der Waals surface area (Å²) in [4.78, 5) is 11.9. The van der Waals surface area contributed by atoms with Gasteiger partial charge in [0.15, 0.2) is 0 Å². The third kappa shape index (κ3) is 3.13. The number of carbonyl (C=O) groups is 1. The van der Waals surface area contributed by atoms with Gasteiger partial charge in [0.2, 0.25) is 0 Å². The van der Waals surface area contributed by atoms with E-state index in [0.717, 1.165) is 5.56 Å². The first-order chi connectivity index (χ1) is 8.53. The number of benzene rings is 1. The van der Waals surface area contributed by atoms with Crippen molar-refractivity contribution in [2.24, 2.45) is 0 Å². The van der Waals surface area contributed by atoms with Crippen molar-refractivity contribution in [3.05, 3.63) is 23.3 Å². The van der Waals surface area contributed by atoms with Crippen LogP contribution in [0.5, 0.6) is 11.5 Å². The molecule has 0 aliphatic carbocycles. The molecule has 1 aromatic carbocycles. The van der Waals surface area contributed by atoms with Crippen molar-refractivity contribution in [2.45, 2.75) is 19.9 Å². The highest BCUT2D eigenvalue weighted by Crippen LogP contribution is 2.29. The molecular weight excluding hydrogens is 234 g/mol. The van der Waals surface area contributed by atoms with E-state index in [4.69, 9.17) is 14.6 Å². The zero-order valence-corrected chi connectivity index (χ0v) is 11.1. The summed E-state index contributed by atoms with van der Waals surface area (Å²) in [5, 5.41) is 11.6. The summed E-state index contributed by atoms with van der Waals surface area (Å²) in [7, 11) is 3.08. The molecule has 18 heavy (non-hydrogen) atoms. The number of aliphatic hydroxyl groups is 1. The number of aliphatic hydroxyl groups excluding tert-OH is 1. The van der Waals surface area contributed by atoms with E-state index in [2.05, 4.69) is 5.32 Å². The van der Waals surface area contributed by atoms with Crippen LogP contribution in [0.4, 0.5) is 0 Å². The van der Waals surface area contributed by atoms with Crippen LogP contribution in [0.15, 0.2) is 12.1 Å². The van der Waals surface area contributed by atoms with E-state index in [9.17, 15) is 4.79 Å². The van der Waals surface area contributed by atoms with Gasteiger partial charge < -0.3 is 19.9 Å². The molecule has 0 aliphatic rings. The predicted molar refractivity (Wildman–Crippen MR) is 68.3 cm³/mol. The summed E-state index contributed by atoms with van der Waals surface area (Å²) < 4.78 is 10.4. The number of carbonyl (C=O) groups excluding carboxylic acids is 1. The van der Waals surface area contributed by atoms with Crippen molar-refractivity contribution < 1.29 is 19.4 Å². The number of nitrogens with one attached hydrogen (secondary N) is 1. The second-order valence-electron chi connectivity index (χ2n) is 4.06. The normalized spacial score (nSPS) is 11.8. The average Bonchev–Trinajstić information content (AvgIpc) is 2.38. The molecule has 0 radical (unpaired) electrons. The smallest absolute Gasteiger partial charge is 0.251 e. The number of amides is 1. The third-order valence-electron chi connectivity index (χ3n) is 2.67. The number of hydrogen-bond acceptors (Lipinski definition) is 4. The van der Waals surface area contributed by atoms with Crippen molar-refractivity contribution in [1.29, 1.82) is 0 Å². The van der Waals surface area contributed by atoms with Gasteiger partial charge in [0.1, 0.15) is 11.5 Å². The Labute approximate surface area is 107 Å². The lowest BCUT2D eigenvalue weighted by Gasteiger charge is -2.14. The molecule has 0 aliphatic heterocycles. The van der Waals surface area contributed by atoms with Gasteiger partial charge in [-0.2, -0.15) is 0 Å². The van der Waals surface area contributed by atoms with Gasteiger partial charge in [0.05, 0.1) is 20.8 Å². The number of ether oxygens (including phenoxy) is 2. The van der Waals surface area contributed by atoms with Crippen LogP contribution in [0.1, 0.15) is 22.8 Å². The highest BCUT2D eigenvalue weighted by atomic mass is 16.5. The summed E-state index contributed by atoms with van der Waals surface area (Å²) in [6.45, 7) is 3.47. The van der Waals surface area contributed by atoms with Crippen LogP contribution in [0, 0.1) is 6.92 Å². The highest BCUT2D eigenvalue weighted by Gasteiger charge is 2.14. The molecule has 2 N–H and O–H groups in total. The second kappa shape index (κ2) is 6.26. The van der Waals surface area contributed by atoms with Crippen molar-refractivity contribution in [3.8, 4) is 11.5 Å². The molecule has 100 valence electrons. The highest BCUT2D eigenvalue weighted by molar-refractivity contribution is 5.95. The molecular formula is C13H19NO4. The maximum atomic E-state index is 11.9. The lowest BCUT2D eigenvalue weighted by atomic mass is 10.1. The first-order valence-electron chi connectivity index (χ1n) is 5.67. The van der Waals surface area contributed by atoms with Gasteiger partial charge in [-0.15, -0.1) is 0 Å². The summed E-state index contributed by atoms with van der Waals surface area (Å²) in [5.41, 5.74) is 1.28. The Kier molecular flexibility index (Phi) is 4.97. The van der Waals surface area contributed by atoms with E-state index in [0.29, 0.717) is 17.1 Å². The lowest BCUT2D eigenvalue weighted by Crippen LogP contribution is -2.35. The molecule has 0 aromatic heterocycles. The summed E-state index contributed by atoms with van der Waals surface area (Å²) in [6.07, 6.45) is 0. The Hall–Kier alpha value is -1.75. The van der Waals surface area contributed by atoms with Crippen molar-refractivity contribution in [1.82, 2.24) is 5.32 Å². The van der Waals surface area contributed by atoms with E-state index < -0.39 is 0 Å². The predicted octanol–water partition coefficient (Wildman–Crippen LogP) is 1.12. The minimum Gasteiger partial charge on any atom is -0.496 e. The summed E-state index contributed by atoms with van der Waals surface area (Å²) in [6, 6.07) is 3.00. The molecule has 0 fully saturated rings. The fraction of sp³-hybridized carbons (Fsp3) is 0.462. The number of methoxy groups -OCH3 is 2. The molecule has 0 saturated heterocycles. The topological polar surface area (TPSA) is 67.8 Å². The van der Waals surface area contributed by atoms with Gasteiger partial charge in [-0.1, -0.05) is 0 Å². The van der Waals surface area contributed by atoms with Gasteiger partial charge in [-0.3, -0.25) is 4.79 Å². The fourth-order valence-electron chi connectivity index (χ4n) is 1.57. The van der Waals surface area contributed by atoms with E-state index in [1.54, 1.807) is 33.3 Å². The molecule has 0 bridgehead atoms.